The molecule has 4 rings (SSSR count). The predicted octanol–water partition coefficient (Wildman–Crippen LogP) is 11.2. The maximum absolute atomic E-state index is 15.8. The minimum Gasteiger partial charge on any atom is -0.299 e. The summed E-state index contributed by atoms with van der Waals surface area (Å²) in [7, 11) is 0. The van der Waals surface area contributed by atoms with Crippen molar-refractivity contribution in [1.82, 2.24) is 9.55 Å². The number of nitrogens with zero attached hydrogens (tertiary/aromatic N) is 2. The molecule has 0 fully saturated rings. The van der Waals surface area contributed by atoms with E-state index in [4.69, 9.17) is 4.98 Å². The molecular formula is C36H47FN2. The Bertz CT molecular complexity index is 1330. The molecule has 208 valence electrons. The second kappa shape index (κ2) is 13.2. The van der Waals surface area contributed by atoms with Crippen molar-refractivity contribution in [3.05, 3.63) is 95.2 Å². The first kappa shape index (κ1) is 30.3. The summed E-state index contributed by atoms with van der Waals surface area (Å²) >= 11 is 0. The maximum Gasteiger partial charge on any atom is 0.145 e. The number of halogens is 1. The van der Waals surface area contributed by atoms with Gasteiger partial charge in [-0.15, -0.1) is 0 Å². The highest BCUT2D eigenvalue weighted by Gasteiger charge is 2.29. The van der Waals surface area contributed by atoms with Crippen LogP contribution >= 0.6 is 0 Å². The zero-order chi connectivity index (χ0) is 28.7. The zero-order valence-corrected chi connectivity index (χ0v) is 25.5. The van der Waals surface area contributed by atoms with E-state index in [9.17, 15) is 0 Å². The number of hydrogen-bond donors (Lipinski definition) is 0. The first-order chi connectivity index (χ1) is 18.5. The number of benzene rings is 3. The van der Waals surface area contributed by atoms with Gasteiger partial charge in [0.25, 0.3) is 0 Å². The standard InChI is InChI=1S/C32H37FN2.C4H10/c1-8-32(7,33)28-18-10-9-15-27(28)31-34-29(24-14-11-13-23(6)19-24)20-35(31)30-25(21(2)3)16-12-17-26(30)22(4)5;1-3-4-2/h9-22H,8H2,1-7H3;3-4H2,1-2H3. The second-order valence-corrected chi connectivity index (χ2v) is 11.4. The third kappa shape index (κ3) is 6.87. The molecule has 1 unspecified atom stereocenters. The number of rotatable bonds is 8. The number of imidazole rings is 1. The lowest BCUT2D eigenvalue weighted by Gasteiger charge is -2.25. The van der Waals surface area contributed by atoms with Gasteiger partial charge in [-0.05, 0) is 54.9 Å². The highest BCUT2D eigenvalue weighted by atomic mass is 19.1. The highest BCUT2D eigenvalue weighted by molar-refractivity contribution is 5.72. The number of aromatic nitrogens is 2. The highest BCUT2D eigenvalue weighted by Crippen LogP contribution is 2.40. The van der Waals surface area contributed by atoms with E-state index in [0.29, 0.717) is 23.8 Å². The van der Waals surface area contributed by atoms with Crippen molar-refractivity contribution in [3.63, 3.8) is 0 Å². The van der Waals surface area contributed by atoms with E-state index in [1.54, 1.807) is 6.92 Å². The molecule has 0 spiro atoms. The van der Waals surface area contributed by atoms with Crippen LogP contribution in [0.5, 0.6) is 0 Å². The minimum absolute atomic E-state index is 0.332. The Balaban J connectivity index is 0.000000983. The van der Waals surface area contributed by atoms with Gasteiger partial charge < -0.3 is 0 Å². The van der Waals surface area contributed by atoms with Crippen LogP contribution in [0, 0.1) is 6.92 Å². The molecule has 4 aromatic rings. The first-order valence-electron chi connectivity index (χ1n) is 14.6. The van der Waals surface area contributed by atoms with Crippen LogP contribution in [-0.4, -0.2) is 9.55 Å². The second-order valence-electron chi connectivity index (χ2n) is 11.4. The number of alkyl halides is 1. The zero-order valence-electron chi connectivity index (χ0n) is 25.5. The van der Waals surface area contributed by atoms with Crippen molar-refractivity contribution >= 4 is 0 Å². The van der Waals surface area contributed by atoms with Gasteiger partial charge in [0.2, 0.25) is 0 Å². The topological polar surface area (TPSA) is 17.8 Å². The predicted molar refractivity (Wildman–Crippen MR) is 167 cm³/mol. The van der Waals surface area contributed by atoms with E-state index >= 15 is 4.39 Å². The molecule has 0 aliphatic rings. The smallest absolute Gasteiger partial charge is 0.145 e. The molecule has 0 saturated carbocycles. The lowest BCUT2D eigenvalue weighted by Crippen LogP contribution is -2.16. The van der Waals surface area contributed by atoms with Gasteiger partial charge in [0, 0.05) is 17.3 Å². The molecule has 3 aromatic carbocycles. The lowest BCUT2D eigenvalue weighted by atomic mass is 9.89. The summed E-state index contributed by atoms with van der Waals surface area (Å²) in [5.74, 6) is 1.45. The largest absolute Gasteiger partial charge is 0.299 e. The molecule has 3 heteroatoms. The van der Waals surface area contributed by atoms with Crippen molar-refractivity contribution in [3.8, 4) is 28.3 Å². The van der Waals surface area contributed by atoms with E-state index < -0.39 is 5.67 Å². The molecular weight excluding hydrogens is 479 g/mol. The third-order valence-electron chi connectivity index (χ3n) is 7.50. The fourth-order valence-electron chi connectivity index (χ4n) is 4.80. The lowest BCUT2D eigenvalue weighted by molar-refractivity contribution is 0.186. The van der Waals surface area contributed by atoms with E-state index in [2.05, 4.69) is 102 Å². The van der Waals surface area contributed by atoms with Gasteiger partial charge in [-0.1, -0.05) is 128 Å². The van der Waals surface area contributed by atoms with Gasteiger partial charge in [-0.2, -0.15) is 0 Å². The molecule has 1 atom stereocenters. The van der Waals surface area contributed by atoms with Crippen LogP contribution in [0.1, 0.15) is 109 Å². The Labute approximate surface area is 236 Å². The summed E-state index contributed by atoms with van der Waals surface area (Å²) in [5.41, 5.74) is 6.90. The molecule has 1 heterocycles. The Kier molecular flexibility index (Phi) is 10.3. The SMILES string of the molecule is CCC(C)(F)c1ccccc1-c1nc(-c2cccc(C)c2)cn1-c1c(C(C)C)cccc1C(C)C.CCCC. The monoisotopic (exact) mass is 526 g/mol. The molecule has 0 saturated heterocycles. The summed E-state index contributed by atoms with van der Waals surface area (Å²) in [4.78, 5) is 5.17. The summed E-state index contributed by atoms with van der Waals surface area (Å²) in [5, 5.41) is 0. The van der Waals surface area contributed by atoms with Crippen molar-refractivity contribution in [2.24, 2.45) is 0 Å². The van der Waals surface area contributed by atoms with Crippen molar-refractivity contribution in [2.75, 3.05) is 0 Å². The van der Waals surface area contributed by atoms with E-state index in [0.717, 1.165) is 28.3 Å². The fraction of sp³-hybridized carbons (Fsp3) is 0.417. The molecule has 0 N–H and O–H groups in total. The third-order valence-corrected chi connectivity index (χ3v) is 7.50. The van der Waals surface area contributed by atoms with Crippen LogP contribution < -0.4 is 0 Å². The van der Waals surface area contributed by atoms with Crippen LogP contribution in [0.15, 0.2) is 72.9 Å². The molecule has 0 radical (unpaired) electrons. The van der Waals surface area contributed by atoms with Gasteiger partial charge in [-0.3, -0.25) is 4.57 Å². The van der Waals surface area contributed by atoms with Gasteiger partial charge in [0.1, 0.15) is 11.5 Å². The average Bonchev–Trinajstić information content (AvgIpc) is 3.38. The molecule has 2 nitrogen and oxygen atoms in total. The van der Waals surface area contributed by atoms with E-state index in [1.165, 1.54) is 29.5 Å². The van der Waals surface area contributed by atoms with Crippen LogP contribution in [0.4, 0.5) is 4.39 Å². The molecule has 0 bridgehead atoms. The summed E-state index contributed by atoms with van der Waals surface area (Å²) in [6, 6.07) is 22.8. The Morgan fingerprint density at radius 2 is 1.41 bits per heavy atom. The first-order valence-corrected chi connectivity index (χ1v) is 14.6. The molecule has 0 amide bonds. The van der Waals surface area contributed by atoms with Gasteiger partial charge in [0.15, 0.2) is 0 Å². The van der Waals surface area contributed by atoms with Crippen LogP contribution in [-0.2, 0) is 5.67 Å². The molecule has 0 aliphatic carbocycles. The normalized spacial score (nSPS) is 12.8. The van der Waals surface area contributed by atoms with Crippen molar-refractivity contribution in [1.29, 1.82) is 0 Å². The van der Waals surface area contributed by atoms with Crippen LogP contribution in [0.3, 0.4) is 0 Å². The van der Waals surface area contributed by atoms with Crippen molar-refractivity contribution in [2.45, 2.75) is 99.1 Å². The summed E-state index contributed by atoms with van der Waals surface area (Å²) < 4.78 is 18.0. The summed E-state index contributed by atoms with van der Waals surface area (Å²) in [6.07, 6.45) is 5.17. The Morgan fingerprint density at radius 3 is 1.95 bits per heavy atom. The number of para-hydroxylation sites is 1. The van der Waals surface area contributed by atoms with E-state index in [1.807, 2.05) is 31.2 Å². The van der Waals surface area contributed by atoms with Gasteiger partial charge in [-0.25, -0.2) is 9.37 Å². The van der Waals surface area contributed by atoms with Crippen molar-refractivity contribution < 1.29 is 4.39 Å². The molecule has 39 heavy (non-hydrogen) atoms. The fourth-order valence-corrected chi connectivity index (χ4v) is 4.80. The Morgan fingerprint density at radius 1 is 0.821 bits per heavy atom. The van der Waals surface area contributed by atoms with Gasteiger partial charge >= 0.3 is 0 Å². The molecule has 1 aromatic heterocycles. The number of unbranched alkanes of at least 4 members (excludes halogenated alkanes) is 1. The van der Waals surface area contributed by atoms with E-state index in [-0.39, 0.29) is 0 Å². The van der Waals surface area contributed by atoms with Crippen LogP contribution in [0.25, 0.3) is 28.3 Å². The minimum atomic E-state index is -1.45. The quantitative estimate of drug-likeness (QED) is 0.223. The maximum atomic E-state index is 15.8. The number of aryl methyl sites for hydroxylation is 1. The Hall–Kier alpha value is -3.20. The van der Waals surface area contributed by atoms with Crippen LogP contribution in [0.2, 0.25) is 0 Å². The van der Waals surface area contributed by atoms with Gasteiger partial charge in [0.05, 0.1) is 11.4 Å². The number of hydrogen-bond acceptors (Lipinski definition) is 1. The molecule has 0 aliphatic heterocycles. The average molecular weight is 527 g/mol. The summed E-state index contributed by atoms with van der Waals surface area (Å²) in [6.45, 7) is 18.9.